The van der Waals surface area contributed by atoms with Gasteiger partial charge in [0.1, 0.15) is 0 Å². The number of fused-ring (bicyclic) bond motifs is 3. The van der Waals surface area contributed by atoms with Gasteiger partial charge in [-0.05, 0) is 37.1 Å². The van der Waals surface area contributed by atoms with Crippen molar-refractivity contribution in [3.05, 3.63) is 40.4 Å². The van der Waals surface area contributed by atoms with Crippen LogP contribution >= 0.6 is 11.6 Å². The number of H-pyrrole nitrogens is 1. The van der Waals surface area contributed by atoms with E-state index in [1.807, 2.05) is 25.1 Å². The Labute approximate surface area is 104 Å². The van der Waals surface area contributed by atoms with Crippen LogP contribution in [-0.4, -0.2) is 4.98 Å². The Balaban J connectivity index is 2.66. The summed E-state index contributed by atoms with van der Waals surface area (Å²) in [5, 5.41) is 3.07. The fraction of sp³-hybridized carbons (Fsp3) is 0.143. The van der Waals surface area contributed by atoms with Gasteiger partial charge in [-0.25, -0.2) is 0 Å². The highest BCUT2D eigenvalue weighted by Crippen LogP contribution is 2.35. The molecule has 17 heavy (non-hydrogen) atoms. The van der Waals surface area contributed by atoms with Crippen LogP contribution in [0.4, 0.5) is 5.69 Å². The van der Waals surface area contributed by atoms with Gasteiger partial charge >= 0.3 is 0 Å². The van der Waals surface area contributed by atoms with E-state index in [4.69, 9.17) is 17.3 Å². The Bertz CT molecular complexity index is 741. The molecule has 3 aromatic rings. The molecule has 0 saturated carbocycles. The molecule has 0 atom stereocenters. The zero-order valence-electron chi connectivity index (χ0n) is 9.76. The number of anilines is 1. The molecule has 0 aliphatic heterocycles. The molecule has 0 aliphatic rings. The van der Waals surface area contributed by atoms with Gasteiger partial charge in [0.15, 0.2) is 0 Å². The Hall–Kier alpha value is -1.67. The Morgan fingerprint density at radius 2 is 1.94 bits per heavy atom. The highest BCUT2D eigenvalue weighted by atomic mass is 35.5. The second kappa shape index (κ2) is 3.41. The summed E-state index contributed by atoms with van der Waals surface area (Å²) in [5.41, 5.74) is 11.2. The van der Waals surface area contributed by atoms with Gasteiger partial charge in [-0.3, -0.25) is 0 Å². The minimum Gasteiger partial charge on any atom is -0.398 e. The van der Waals surface area contributed by atoms with Crippen LogP contribution in [0.2, 0.25) is 5.02 Å². The van der Waals surface area contributed by atoms with E-state index in [0.29, 0.717) is 0 Å². The predicted octanol–water partition coefficient (Wildman–Crippen LogP) is 4.17. The topological polar surface area (TPSA) is 41.8 Å². The Morgan fingerprint density at radius 3 is 2.71 bits per heavy atom. The fourth-order valence-electron chi connectivity index (χ4n) is 2.42. The predicted molar refractivity (Wildman–Crippen MR) is 74.7 cm³/mol. The Morgan fingerprint density at radius 1 is 1.18 bits per heavy atom. The van der Waals surface area contributed by atoms with Crippen LogP contribution in [0, 0.1) is 13.8 Å². The van der Waals surface area contributed by atoms with Gasteiger partial charge in [0, 0.05) is 22.0 Å². The van der Waals surface area contributed by atoms with E-state index in [9.17, 15) is 0 Å². The van der Waals surface area contributed by atoms with Crippen LogP contribution in [0.5, 0.6) is 0 Å². The molecule has 3 rings (SSSR count). The highest BCUT2D eigenvalue weighted by Gasteiger charge is 2.12. The van der Waals surface area contributed by atoms with E-state index >= 15 is 0 Å². The molecule has 2 nitrogen and oxygen atoms in total. The maximum Gasteiger partial charge on any atom is 0.0654 e. The number of aromatic amines is 1. The van der Waals surface area contributed by atoms with Crippen molar-refractivity contribution < 1.29 is 0 Å². The number of para-hydroxylation sites is 1. The van der Waals surface area contributed by atoms with Crippen molar-refractivity contribution in [1.82, 2.24) is 4.98 Å². The molecule has 1 heterocycles. The van der Waals surface area contributed by atoms with E-state index in [-0.39, 0.29) is 0 Å². The number of hydrogen-bond donors (Lipinski definition) is 2. The highest BCUT2D eigenvalue weighted by molar-refractivity contribution is 6.36. The van der Waals surface area contributed by atoms with Crippen LogP contribution in [-0.2, 0) is 0 Å². The first-order chi connectivity index (χ1) is 8.09. The standard InChI is InChI=1S/C14H13ClN2/c1-7-6-11(16)8(2)12-9-4-3-5-10(15)14(9)17-13(7)12/h3-6,17H,16H2,1-2H3. The second-order valence-electron chi connectivity index (χ2n) is 4.45. The molecule has 0 unspecified atom stereocenters. The molecular weight excluding hydrogens is 232 g/mol. The molecular formula is C14H13ClN2. The third-order valence-corrected chi connectivity index (χ3v) is 3.67. The number of aromatic nitrogens is 1. The maximum absolute atomic E-state index is 6.21. The molecule has 0 radical (unpaired) electrons. The summed E-state index contributed by atoms with van der Waals surface area (Å²) >= 11 is 6.21. The average Bonchev–Trinajstić information content (AvgIpc) is 2.68. The molecule has 2 aromatic carbocycles. The van der Waals surface area contributed by atoms with Crippen LogP contribution in [0.1, 0.15) is 11.1 Å². The van der Waals surface area contributed by atoms with Crippen molar-refractivity contribution in [1.29, 1.82) is 0 Å². The minimum atomic E-state index is 0.746. The number of nitrogen functional groups attached to an aromatic ring is 1. The number of halogens is 1. The van der Waals surface area contributed by atoms with Crippen LogP contribution in [0.25, 0.3) is 21.8 Å². The summed E-state index contributed by atoms with van der Waals surface area (Å²) in [7, 11) is 0. The molecule has 0 bridgehead atoms. The first kappa shape index (κ1) is 10.5. The van der Waals surface area contributed by atoms with Crippen molar-refractivity contribution >= 4 is 39.1 Å². The van der Waals surface area contributed by atoms with Gasteiger partial charge < -0.3 is 10.7 Å². The average molecular weight is 245 g/mol. The minimum absolute atomic E-state index is 0.746. The van der Waals surface area contributed by atoms with Gasteiger partial charge in [0.25, 0.3) is 0 Å². The van der Waals surface area contributed by atoms with E-state index in [0.717, 1.165) is 38.3 Å². The van der Waals surface area contributed by atoms with Gasteiger partial charge in [-0.15, -0.1) is 0 Å². The van der Waals surface area contributed by atoms with Crippen molar-refractivity contribution in [2.24, 2.45) is 0 Å². The van der Waals surface area contributed by atoms with Crippen LogP contribution < -0.4 is 5.73 Å². The molecule has 0 aliphatic carbocycles. The van der Waals surface area contributed by atoms with E-state index in [1.54, 1.807) is 0 Å². The van der Waals surface area contributed by atoms with Gasteiger partial charge in [0.2, 0.25) is 0 Å². The molecule has 3 heteroatoms. The quantitative estimate of drug-likeness (QED) is 0.573. The second-order valence-corrected chi connectivity index (χ2v) is 4.85. The zero-order chi connectivity index (χ0) is 12.2. The summed E-state index contributed by atoms with van der Waals surface area (Å²) in [4.78, 5) is 3.40. The lowest BCUT2D eigenvalue weighted by molar-refractivity contribution is 1.42. The summed E-state index contributed by atoms with van der Waals surface area (Å²) in [5.74, 6) is 0. The van der Waals surface area contributed by atoms with E-state index < -0.39 is 0 Å². The Kier molecular flexibility index (Phi) is 2.10. The van der Waals surface area contributed by atoms with E-state index in [1.165, 1.54) is 5.39 Å². The first-order valence-electron chi connectivity index (χ1n) is 5.55. The van der Waals surface area contributed by atoms with Crippen molar-refractivity contribution in [3.63, 3.8) is 0 Å². The van der Waals surface area contributed by atoms with Crippen molar-refractivity contribution in [3.8, 4) is 0 Å². The van der Waals surface area contributed by atoms with Gasteiger partial charge in [0.05, 0.1) is 10.5 Å². The van der Waals surface area contributed by atoms with Crippen molar-refractivity contribution in [2.45, 2.75) is 13.8 Å². The fourth-order valence-corrected chi connectivity index (χ4v) is 2.65. The molecule has 86 valence electrons. The van der Waals surface area contributed by atoms with E-state index in [2.05, 4.69) is 18.0 Å². The summed E-state index contributed by atoms with van der Waals surface area (Å²) in [6.45, 7) is 4.10. The zero-order valence-corrected chi connectivity index (χ0v) is 10.5. The summed E-state index contributed by atoms with van der Waals surface area (Å²) in [6.07, 6.45) is 0. The van der Waals surface area contributed by atoms with Gasteiger partial charge in [-0.1, -0.05) is 23.7 Å². The molecule has 0 spiro atoms. The number of benzene rings is 2. The molecule has 0 saturated heterocycles. The number of rotatable bonds is 0. The SMILES string of the molecule is Cc1cc(N)c(C)c2c1[nH]c1c(Cl)cccc12. The number of aryl methyl sites for hydroxylation is 2. The first-order valence-corrected chi connectivity index (χ1v) is 5.93. The lowest BCUT2D eigenvalue weighted by Crippen LogP contribution is -1.91. The van der Waals surface area contributed by atoms with Gasteiger partial charge in [-0.2, -0.15) is 0 Å². The smallest absolute Gasteiger partial charge is 0.0654 e. The normalized spacial score (nSPS) is 11.5. The molecule has 3 N–H and O–H groups in total. The molecule has 1 aromatic heterocycles. The third-order valence-electron chi connectivity index (χ3n) is 3.36. The maximum atomic E-state index is 6.21. The lowest BCUT2D eigenvalue weighted by Gasteiger charge is -2.05. The number of hydrogen-bond acceptors (Lipinski definition) is 1. The lowest BCUT2D eigenvalue weighted by atomic mass is 10.0. The molecule has 0 amide bonds. The molecule has 0 fully saturated rings. The van der Waals surface area contributed by atoms with Crippen LogP contribution in [0.3, 0.4) is 0 Å². The summed E-state index contributed by atoms with van der Waals surface area (Å²) in [6, 6.07) is 7.94. The number of nitrogens with two attached hydrogens (primary N) is 1. The van der Waals surface area contributed by atoms with Crippen LogP contribution in [0.15, 0.2) is 24.3 Å². The monoisotopic (exact) mass is 244 g/mol. The number of nitrogens with one attached hydrogen (secondary N) is 1. The largest absolute Gasteiger partial charge is 0.398 e. The third kappa shape index (κ3) is 1.34. The van der Waals surface area contributed by atoms with Crippen molar-refractivity contribution in [2.75, 3.05) is 5.73 Å². The summed E-state index contributed by atoms with van der Waals surface area (Å²) < 4.78 is 0.